The molecule has 0 saturated carbocycles. The number of carbonyl (C=O) groups excluding carboxylic acids is 2. The molecule has 1 aromatic carbocycles. The zero-order valence-corrected chi connectivity index (χ0v) is 16.7. The Morgan fingerprint density at radius 2 is 1.86 bits per heavy atom. The third-order valence-corrected chi connectivity index (χ3v) is 4.66. The number of nitrogens with one attached hydrogen (secondary N) is 2. The number of nitrogens with zero attached hydrogens (tertiary/aromatic N) is 2. The number of benzene rings is 1. The molecule has 3 amide bonds. The molecular formula is C21H30N4O3. The highest BCUT2D eigenvalue weighted by atomic mass is 16.5. The molecular weight excluding hydrogens is 356 g/mol. The van der Waals surface area contributed by atoms with E-state index in [0.29, 0.717) is 45.6 Å². The van der Waals surface area contributed by atoms with Gasteiger partial charge in [0, 0.05) is 13.1 Å². The SMILES string of the molecule is CC(C)C[C@H](NC(=O)N1CCOCC1)C(=O)N[C@@H](C#N)CCc1ccccc1. The summed E-state index contributed by atoms with van der Waals surface area (Å²) in [5.41, 5.74) is 1.12. The second kappa shape index (κ2) is 11.3. The fraction of sp³-hybridized carbons (Fsp3) is 0.571. The highest BCUT2D eigenvalue weighted by Crippen LogP contribution is 2.09. The second-order valence-electron chi connectivity index (χ2n) is 7.45. The van der Waals surface area contributed by atoms with Crippen LogP contribution in [0.5, 0.6) is 0 Å². The van der Waals surface area contributed by atoms with Crippen molar-refractivity contribution in [2.45, 2.75) is 45.2 Å². The van der Waals surface area contributed by atoms with Crippen molar-refractivity contribution in [3.8, 4) is 6.07 Å². The zero-order chi connectivity index (χ0) is 20.4. The van der Waals surface area contributed by atoms with Gasteiger partial charge in [0.1, 0.15) is 12.1 Å². The Morgan fingerprint density at radius 3 is 2.46 bits per heavy atom. The summed E-state index contributed by atoms with van der Waals surface area (Å²) in [4.78, 5) is 26.9. The van der Waals surface area contributed by atoms with Crippen LogP contribution in [0.15, 0.2) is 30.3 Å². The lowest BCUT2D eigenvalue weighted by atomic mass is 10.0. The summed E-state index contributed by atoms with van der Waals surface area (Å²) in [7, 11) is 0. The summed E-state index contributed by atoms with van der Waals surface area (Å²) < 4.78 is 5.26. The fourth-order valence-electron chi connectivity index (χ4n) is 3.11. The van der Waals surface area contributed by atoms with Gasteiger partial charge in [0.2, 0.25) is 5.91 Å². The second-order valence-corrected chi connectivity index (χ2v) is 7.45. The van der Waals surface area contributed by atoms with Gasteiger partial charge in [-0.3, -0.25) is 4.79 Å². The number of amides is 3. The molecule has 2 N–H and O–H groups in total. The van der Waals surface area contributed by atoms with E-state index in [4.69, 9.17) is 4.74 Å². The van der Waals surface area contributed by atoms with Gasteiger partial charge in [0.05, 0.1) is 19.3 Å². The van der Waals surface area contributed by atoms with Crippen molar-refractivity contribution in [1.29, 1.82) is 5.26 Å². The maximum Gasteiger partial charge on any atom is 0.318 e. The lowest BCUT2D eigenvalue weighted by Crippen LogP contribution is -2.55. The van der Waals surface area contributed by atoms with Crippen LogP contribution in [0.25, 0.3) is 0 Å². The number of morpholine rings is 1. The third-order valence-electron chi connectivity index (χ3n) is 4.66. The number of aryl methyl sites for hydroxylation is 1. The first-order chi connectivity index (χ1) is 13.5. The zero-order valence-electron chi connectivity index (χ0n) is 16.7. The van der Waals surface area contributed by atoms with Crippen LogP contribution in [-0.2, 0) is 16.0 Å². The summed E-state index contributed by atoms with van der Waals surface area (Å²) >= 11 is 0. The van der Waals surface area contributed by atoms with Crippen molar-refractivity contribution >= 4 is 11.9 Å². The summed E-state index contributed by atoms with van der Waals surface area (Å²) in [5, 5.41) is 15.1. The predicted octanol–water partition coefficient (Wildman–Crippen LogP) is 2.08. The lowest BCUT2D eigenvalue weighted by Gasteiger charge is -2.29. The molecule has 2 rings (SSSR count). The van der Waals surface area contributed by atoms with E-state index in [2.05, 4.69) is 16.7 Å². The molecule has 1 saturated heterocycles. The first-order valence-corrected chi connectivity index (χ1v) is 9.86. The molecule has 2 atom stereocenters. The maximum atomic E-state index is 12.8. The standard InChI is InChI=1S/C21H30N4O3/c1-16(2)14-19(24-21(27)25-10-12-28-13-11-25)20(26)23-18(15-22)9-8-17-6-4-3-5-7-17/h3-7,16,18-19H,8-14H2,1-2H3,(H,23,26)(H,24,27)/t18-,19+/m1/s1. The van der Waals surface area contributed by atoms with Gasteiger partial charge in [-0.15, -0.1) is 0 Å². The van der Waals surface area contributed by atoms with Crippen LogP contribution in [0, 0.1) is 17.2 Å². The first kappa shape index (κ1) is 21.7. The summed E-state index contributed by atoms with van der Waals surface area (Å²) in [5.74, 6) is -0.0829. The molecule has 0 aromatic heterocycles. The lowest BCUT2D eigenvalue weighted by molar-refractivity contribution is -0.123. The van der Waals surface area contributed by atoms with Crippen molar-refractivity contribution in [2.24, 2.45) is 5.92 Å². The monoisotopic (exact) mass is 386 g/mol. The van der Waals surface area contributed by atoms with Crippen LogP contribution in [0.2, 0.25) is 0 Å². The molecule has 0 aliphatic carbocycles. The van der Waals surface area contributed by atoms with E-state index in [-0.39, 0.29) is 17.9 Å². The highest BCUT2D eigenvalue weighted by Gasteiger charge is 2.26. The maximum absolute atomic E-state index is 12.8. The molecule has 1 aliphatic rings. The molecule has 0 radical (unpaired) electrons. The van der Waals surface area contributed by atoms with Crippen molar-refractivity contribution in [2.75, 3.05) is 26.3 Å². The minimum atomic E-state index is -0.664. The van der Waals surface area contributed by atoms with Gasteiger partial charge >= 0.3 is 6.03 Å². The van der Waals surface area contributed by atoms with Gasteiger partial charge in [-0.25, -0.2) is 4.79 Å². The Bertz CT molecular complexity index is 666. The van der Waals surface area contributed by atoms with Crippen LogP contribution in [0.1, 0.15) is 32.3 Å². The van der Waals surface area contributed by atoms with E-state index in [9.17, 15) is 14.9 Å². The quantitative estimate of drug-likeness (QED) is 0.715. The minimum absolute atomic E-state index is 0.227. The average Bonchev–Trinajstić information content (AvgIpc) is 2.71. The molecule has 0 bridgehead atoms. The number of nitriles is 1. The number of hydrogen-bond acceptors (Lipinski definition) is 4. The summed E-state index contributed by atoms with van der Waals surface area (Å²) in [6.45, 7) is 6.03. The Morgan fingerprint density at radius 1 is 1.18 bits per heavy atom. The number of rotatable bonds is 8. The van der Waals surface area contributed by atoms with Gasteiger partial charge in [-0.05, 0) is 30.7 Å². The summed E-state index contributed by atoms with van der Waals surface area (Å²) in [6.07, 6.45) is 1.74. The predicted molar refractivity (Wildman–Crippen MR) is 106 cm³/mol. The van der Waals surface area contributed by atoms with Crippen molar-refractivity contribution < 1.29 is 14.3 Å². The van der Waals surface area contributed by atoms with Gasteiger partial charge in [-0.2, -0.15) is 5.26 Å². The number of hydrogen-bond donors (Lipinski definition) is 2. The van der Waals surface area contributed by atoms with Crippen LogP contribution in [0.3, 0.4) is 0 Å². The normalized spacial score (nSPS) is 16.1. The smallest absolute Gasteiger partial charge is 0.318 e. The van der Waals surface area contributed by atoms with Crippen LogP contribution >= 0.6 is 0 Å². The molecule has 7 nitrogen and oxygen atoms in total. The minimum Gasteiger partial charge on any atom is -0.378 e. The molecule has 0 spiro atoms. The Balaban J connectivity index is 1.92. The van der Waals surface area contributed by atoms with Gasteiger partial charge in [0.25, 0.3) is 0 Å². The van der Waals surface area contributed by atoms with Gasteiger partial charge in [0.15, 0.2) is 0 Å². The molecule has 152 valence electrons. The number of ether oxygens (including phenoxy) is 1. The van der Waals surface area contributed by atoms with E-state index in [1.54, 1.807) is 4.90 Å². The number of urea groups is 1. The van der Waals surface area contributed by atoms with Crippen LogP contribution < -0.4 is 10.6 Å². The molecule has 1 aromatic rings. The summed E-state index contributed by atoms with van der Waals surface area (Å²) in [6, 6.07) is 10.5. The van der Waals surface area contributed by atoms with Crippen molar-refractivity contribution in [3.63, 3.8) is 0 Å². The fourth-order valence-corrected chi connectivity index (χ4v) is 3.11. The Labute approximate surface area is 167 Å². The number of carbonyl (C=O) groups is 2. The molecule has 7 heteroatoms. The average molecular weight is 386 g/mol. The van der Waals surface area contributed by atoms with Crippen LogP contribution in [-0.4, -0.2) is 55.2 Å². The van der Waals surface area contributed by atoms with E-state index >= 15 is 0 Å². The van der Waals surface area contributed by atoms with Crippen molar-refractivity contribution in [3.05, 3.63) is 35.9 Å². The van der Waals surface area contributed by atoms with Gasteiger partial charge in [-0.1, -0.05) is 44.2 Å². The topological polar surface area (TPSA) is 94.5 Å². The van der Waals surface area contributed by atoms with E-state index in [1.807, 2.05) is 44.2 Å². The Kier molecular flexibility index (Phi) is 8.76. The molecule has 1 fully saturated rings. The van der Waals surface area contributed by atoms with E-state index in [1.165, 1.54) is 0 Å². The largest absolute Gasteiger partial charge is 0.378 e. The Hall–Kier alpha value is -2.59. The van der Waals surface area contributed by atoms with E-state index < -0.39 is 12.1 Å². The third kappa shape index (κ3) is 7.20. The van der Waals surface area contributed by atoms with Crippen molar-refractivity contribution in [1.82, 2.24) is 15.5 Å². The van der Waals surface area contributed by atoms with E-state index in [0.717, 1.165) is 5.56 Å². The van der Waals surface area contributed by atoms with Crippen LogP contribution in [0.4, 0.5) is 4.79 Å². The molecule has 28 heavy (non-hydrogen) atoms. The van der Waals surface area contributed by atoms with Gasteiger partial charge < -0.3 is 20.3 Å². The molecule has 1 aliphatic heterocycles. The first-order valence-electron chi connectivity index (χ1n) is 9.86. The molecule has 0 unspecified atom stereocenters. The highest BCUT2D eigenvalue weighted by molar-refractivity contribution is 5.87. The molecule has 1 heterocycles.